The predicted octanol–water partition coefficient (Wildman–Crippen LogP) is -0.791. The zero-order valence-electron chi connectivity index (χ0n) is 17.2. The molecule has 0 bridgehead atoms. The van der Waals surface area contributed by atoms with Crippen LogP contribution in [0, 0.1) is 5.92 Å². The Kier molecular flexibility index (Phi) is 8.62. The van der Waals surface area contributed by atoms with Gasteiger partial charge in [-0.05, 0) is 30.3 Å². The van der Waals surface area contributed by atoms with E-state index in [4.69, 9.17) is 16.3 Å². The number of nitrogens with one attached hydrogen (secondary N) is 2. The number of ether oxygens (including phenoxy) is 1. The Balaban J connectivity index is 2.51. The molecule has 0 aliphatic carbocycles. The molecule has 0 radical (unpaired) electrons. The minimum absolute atomic E-state index is 0.180. The van der Waals surface area contributed by atoms with Crippen molar-refractivity contribution in [2.75, 3.05) is 6.61 Å². The van der Waals surface area contributed by atoms with Crippen LogP contribution in [0.4, 0.5) is 0 Å². The number of carboxylic acid groups (broad SMARTS) is 1. The molecule has 1 aliphatic heterocycles. The summed E-state index contributed by atoms with van der Waals surface area (Å²) in [6.07, 6.45) is -4.27. The molecule has 178 valence electrons. The third-order valence-corrected chi connectivity index (χ3v) is 6.44. The summed E-state index contributed by atoms with van der Waals surface area (Å²) < 4.78 is 33.3. The molecule has 0 aromatic heterocycles. The van der Waals surface area contributed by atoms with E-state index in [1.54, 1.807) is 13.8 Å². The summed E-state index contributed by atoms with van der Waals surface area (Å²) in [5.41, 5.74) is 0. The van der Waals surface area contributed by atoms with Gasteiger partial charge in [-0.1, -0.05) is 25.4 Å². The third kappa shape index (κ3) is 6.18. The summed E-state index contributed by atoms with van der Waals surface area (Å²) in [4.78, 5) is 23.7. The van der Waals surface area contributed by atoms with Crippen LogP contribution >= 0.6 is 11.6 Å². The molecule has 32 heavy (non-hydrogen) atoms. The van der Waals surface area contributed by atoms with Crippen LogP contribution in [0.5, 0.6) is 0 Å². The molecule has 0 fully saturated rings. The minimum Gasteiger partial charge on any atom is -0.478 e. The maximum atomic E-state index is 12.9. The first kappa shape index (κ1) is 26.0. The van der Waals surface area contributed by atoms with Gasteiger partial charge in [0.15, 0.2) is 0 Å². The lowest BCUT2D eigenvalue weighted by Gasteiger charge is -2.40. The Hall–Kier alpha value is -2.22. The molecule has 2 rings (SSSR count). The number of carboxylic acids is 1. The fourth-order valence-electron chi connectivity index (χ4n) is 2.93. The quantitative estimate of drug-likeness (QED) is 0.257. The van der Waals surface area contributed by atoms with Crippen LogP contribution in [0.25, 0.3) is 0 Å². The Morgan fingerprint density at radius 2 is 1.78 bits per heavy atom. The molecule has 0 unspecified atom stereocenters. The first-order valence-corrected chi connectivity index (χ1v) is 11.4. The molecule has 0 saturated carbocycles. The van der Waals surface area contributed by atoms with E-state index >= 15 is 0 Å². The molecule has 5 atom stereocenters. The van der Waals surface area contributed by atoms with Crippen molar-refractivity contribution in [3.8, 4) is 0 Å². The van der Waals surface area contributed by atoms with Gasteiger partial charge >= 0.3 is 5.97 Å². The SMILES string of the molecule is CC(C)C(=O)N[C@H]1[C@H]([C@H](O)[C@H](O)CO)OC(C(=O)O)=C[C@@H]1NS(=O)(=O)c1ccc(Cl)cc1. The normalized spacial score (nSPS) is 23.1. The Bertz CT molecular complexity index is 966. The lowest BCUT2D eigenvalue weighted by atomic mass is 9.92. The monoisotopic (exact) mass is 492 g/mol. The smallest absolute Gasteiger partial charge is 0.370 e. The Labute approximate surface area is 189 Å². The van der Waals surface area contributed by atoms with E-state index < -0.39 is 70.6 Å². The van der Waals surface area contributed by atoms with Gasteiger partial charge in [0.05, 0.1) is 23.6 Å². The fourth-order valence-corrected chi connectivity index (χ4v) is 4.26. The Morgan fingerprint density at radius 3 is 2.28 bits per heavy atom. The highest BCUT2D eigenvalue weighted by Gasteiger charge is 2.45. The molecule has 1 aromatic carbocycles. The highest BCUT2D eigenvalue weighted by Crippen LogP contribution is 2.25. The van der Waals surface area contributed by atoms with Crippen LogP contribution in [0.2, 0.25) is 5.02 Å². The van der Waals surface area contributed by atoms with Crippen molar-refractivity contribution in [3.05, 3.63) is 41.1 Å². The number of amides is 1. The largest absolute Gasteiger partial charge is 0.478 e. The van der Waals surface area contributed by atoms with Crippen molar-refractivity contribution in [2.24, 2.45) is 5.92 Å². The van der Waals surface area contributed by atoms with Gasteiger partial charge in [0.1, 0.15) is 18.3 Å². The van der Waals surface area contributed by atoms with Crippen LogP contribution < -0.4 is 10.0 Å². The van der Waals surface area contributed by atoms with Crippen molar-refractivity contribution >= 4 is 33.5 Å². The number of rotatable bonds is 9. The summed E-state index contributed by atoms with van der Waals surface area (Å²) in [7, 11) is -4.24. The molecule has 1 heterocycles. The third-order valence-electron chi connectivity index (χ3n) is 4.71. The van der Waals surface area contributed by atoms with E-state index in [0.717, 1.165) is 6.08 Å². The average Bonchev–Trinajstić information content (AvgIpc) is 2.73. The molecule has 0 saturated heterocycles. The standard InChI is InChI=1S/C19H25ClN2O9S/c1-9(2)18(26)21-15-12(22-32(29,30)11-5-3-10(20)4-6-11)7-14(19(27)28)31-17(15)16(25)13(24)8-23/h3-7,9,12-13,15-17,22-25H,8H2,1-2H3,(H,21,26)(H,27,28)/t12-,13+,15+,16+,17+/m0/s1. The van der Waals surface area contributed by atoms with E-state index in [0.29, 0.717) is 5.02 Å². The number of aliphatic carboxylic acids is 1. The number of benzene rings is 1. The number of carbonyl (C=O) groups excluding carboxylic acids is 1. The van der Waals surface area contributed by atoms with Gasteiger partial charge < -0.3 is 30.5 Å². The number of carbonyl (C=O) groups is 2. The zero-order chi connectivity index (χ0) is 24.2. The molecule has 1 amide bonds. The van der Waals surface area contributed by atoms with E-state index in [2.05, 4.69) is 10.0 Å². The van der Waals surface area contributed by atoms with Crippen LogP contribution in [0.15, 0.2) is 41.0 Å². The topological polar surface area (TPSA) is 182 Å². The summed E-state index contributed by atoms with van der Waals surface area (Å²) >= 11 is 5.79. The molecule has 13 heteroatoms. The molecule has 0 spiro atoms. The van der Waals surface area contributed by atoms with Gasteiger partial charge in [0.25, 0.3) is 0 Å². The van der Waals surface area contributed by atoms with Crippen molar-refractivity contribution in [2.45, 2.75) is 49.1 Å². The summed E-state index contributed by atoms with van der Waals surface area (Å²) in [6.45, 7) is 2.25. The van der Waals surface area contributed by atoms with Gasteiger partial charge in [-0.25, -0.2) is 17.9 Å². The maximum Gasteiger partial charge on any atom is 0.370 e. The maximum absolute atomic E-state index is 12.9. The summed E-state index contributed by atoms with van der Waals surface area (Å²) in [5.74, 6) is -3.37. The second-order valence-corrected chi connectivity index (χ2v) is 9.60. The van der Waals surface area contributed by atoms with Gasteiger partial charge in [0.2, 0.25) is 21.7 Å². The van der Waals surface area contributed by atoms with Crippen LogP contribution in [-0.4, -0.2) is 77.7 Å². The van der Waals surface area contributed by atoms with Crippen molar-refractivity contribution < 1.29 is 43.2 Å². The molecule has 1 aliphatic rings. The summed E-state index contributed by atoms with van der Waals surface area (Å²) in [5, 5.41) is 41.7. The highest BCUT2D eigenvalue weighted by atomic mass is 35.5. The zero-order valence-corrected chi connectivity index (χ0v) is 18.7. The first-order chi connectivity index (χ1) is 14.9. The fraction of sp³-hybridized carbons (Fsp3) is 0.474. The summed E-state index contributed by atoms with van der Waals surface area (Å²) in [6, 6.07) is 2.45. The van der Waals surface area contributed by atoms with Crippen molar-refractivity contribution in [1.82, 2.24) is 10.0 Å². The molecular weight excluding hydrogens is 468 g/mol. The number of sulfonamides is 1. The number of hydrogen-bond donors (Lipinski definition) is 6. The van der Waals surface area contributed by atoms with E-state index in [9.17, 15) is 38.4 Å². The second-order valence-electron chi connectivity index (χ2n) is 7.45. The lowest BCUT2D eigenvalue weighted by Crippen LogP contribution is -2.64. The molecule has 1 aromatic rings. The number of halogens is 1. The number of aliphatic hydroxyl groups is 3. The second kappa shape index (κ2) is 10.6. The predicted molar refractivity (Wildman–Crippen MR) is 112 cm³/mol. The van der Waals surface area contributed by atoms with Gasteiger partial charge in [-0.3, -0.25) is 4.79 Å². The van der Waals surface area contributed by atoms with Crippen LogP contribution in [0.3, 0.4) is 0 Å². The minimum atomic E-state index is -4.24. The van der Waals surface area contributed by atoms with E-state index in [1.165, 1.54) is 24.3 Å². The average molecular weight is 493 g/mol. The molecule has 11 nitrogen and oxygen atoms in total. The van der Waals surface area contributed by atoms with E-state index in [1.807, 2.05) is 0 Å². The van der Waals surface area contributed by atoms with Crippen LogP contribution in [0.1, 0.15) is 13.8 Å². The Morgan fingerprint density at radius 1 is 1.19 bits per heavy atom. The van der Waals surface area contributed by atoms with E-state index in [-0.39, 0.29) is 4.90 Å². The van der Waals surface area contributed by atoms with Gasteiger partial charge in [0, 0.05) is 10.9 Å². The van der Waals surface area contributed by atoms with Crippen molar-refractivity contribution in [3.63, 3.8) is 0 Å². The lowest BCUT2D eigenvalue weighted by molar-refractivity contribution is -0.146. The van der Waals surface area contributed by atoms with Gasteiger partial charge in [-0.2, -0.15) is 0 Å². The first-order valence-electron chi connectivity index (χ1n) is 9.54. The number of aliphatic hydroxyl groups excluding tert-OH is 3. The number of hydrogen-bond acceptors (Lipinski definition) is 8. The van der Waals surface area contributed by atoms with Crippen LogP contribution in [-0.2, 0) is 24.3 Å². The van der Waals surface area contributed by atoms with Crippen molar-refractivity contribution in [1.29, 1.82) is 0 Å². The molecular formula is C19H25ClN2O9S. The van der Waals surface area contributed by atoms with Gasteiger partial charge in [-0.15, -0.1) is 0 Å². The molecule has 6 N–H and O–H groups in total. The highest BCUT2D eigenvalue weighted by molar-refractivity contribution is 7.89.